The molecule has 0 saturated carbocycles. The van der Waals surface area contributed by atoms with E-state index in [1.807, 2.05) is 62.4 Å². The molecule has 0 saturated heterocycles. The number of aryl methyl sites for hydroxylation is 1. The first-order chi connectivity index (χ1) is 18.0. The summed E-state index contributed by atoms with van der Waals surface area (Å²) >= 11 is 6.22. The summed E-state index contributed by atoms with van der Waals surface area (Å²) in [5.74, 6) is -2.04. The first-order valence-electron chi connectivity index (χ1n) is 13.0. The summed E-state index contributed by atoms with van der Waals surface area (Å²) in [5, 5.41) is 4.24. The second-order valence-corrected chi connectivity index (χ2v) is 9.69. The molecule has 194 valence electrons. The average molecular weight is 521 g/mol. The second kappa shape index (κ2) is 12.7. The van der Waals surface area contributed by atoms with Gasteiger partial charge in [-0.2, -0.15) is 0 Å². The number of carbonyl (C=O) groups is 2. The Morgan fingerprint density at radius 2 is 1.68 bits per heavy atom. The summed E-state index contributed by atoms with van der Waals surface area (Å²) in [6.45, 7) is 4.40. The van der Waals surface area contributed by atoms with Gasteiger partial charge in [-0.1, -0.05) is 49.7 Å². The Bertz CT molecular complexity index is 1220. The number of nitrogens with zero attached hydrogens (tertiary/aromatic N) is 1. The van der Waals surface area contributed by atoms with Crippen LogP contribution in [0, 0.1) is 5.92 Å². The van der Waals surface area contributed by atoms with Crippen LogP contribution in [0.4, 0.5) is 11.4 Å². The van der Waals surface area contributed by atoms with Crippen molar-refractivity contribution in [1.82, 2.24) is 4.98 Å². The molecular formula is C30H33ClN2O4. The normalized spacial score (nSPS) is 12.3. The molecule has 1 N–H and O–H groups in total. The number of benzene rings is 2. The predicted molar refractivity (Wildman–Crippen MR) is 146 cm³/mol. The molecule has 0 bridgehead atoms. The number of halogens is 1. The maximum atomic E-state index is 12.5. The van der Waals surface area contributed by atoms with Gasteiger partial charge < -0.3 is 14.8 Å². The van der Waals surface area contributed by atoms with Gasteiger partial charge in [-0.15, -0.1) is 0 Å². The molecule has 0 spiro atoms. The molecular weight excluding hydrogens is 488 g/mol. The van der Waals surface area contributed by atoms with Crippen molar-refractivity contribution in [2.45, 2.75) is 52.4 Å². The van der Waals surface area contributed by atoms with E-state index < -0.39 is 17.9 Å². The standard InChI is InChI=1S/C30H33ClN2O4/c1-3-15-36-29(34)25(30(35)37-16-4-2)17-20-11-13-23(14-12-20)32-28-19-27(21-7-5-8-22(31)18-21)33-26-10-6-9-24(26)28/h5,7-8,11-14,18-19,25H,3-4,6,9-10,15-17H2,1-2H3,(H,32,33). The van der Waals surface area contributed by atoms with Gasteiger partial charge in [0.15, 0.2) is 5.92 Å². The highest BCUT2D eigenvalue weighted by molar-refractivity contribution is 6.30. The van der Waals surface area contributed by atoms with Gasteiger partial charge in [0.2, 0.25) is 0 Å². The molecule has 0 atom stereocenters. The topological polar surface area (TPSA) is 77.5 Å². The van der Waals surface area contributed by atoms with E-state index in [9.17, 15) is 9.59 Å². The molecule has 37 heavy (non-hydrogen) atoms. The molecule has 3 aromatic rings. The Labute approximate surface area is 223 Å². The van der Waals surface area contributed by atoms with E-state index in [1.54, 1.807) is 0 Å². The minimum Gasteiger partial charge on any atom is -0.465 e. The van der Waals surface area contributed by atoms with Crippen LogP contribution in [0.25, 0.3) is 11.3 Å². The highest BCUT2D eigenvalue weighted by Gasteiger charge is 2.30. The van der Waals surface area contributed by atoms with Crippen LogP contribution < -0.4 is 5.32 Å². The third-order valence-electron chi connectivity index (χ3n) is 6.31. The van der Waals surface area contributed by atoms with Crippen molar-refractivity contribution in [2.24, 2.45) is 5.92 Å². The van der Waals surface area contributed by atoms with Crippen LogP contribution >= 0.6 is 11.6 Å². The summed E-state index contributed by atoms with van der Waals surface area (Å²) < 4.78 is 10.5. The van der Waals surface area contributed by atoms with Crippen LogP contribution in [0.3, 0.4) is 0 Å². The number of nitrogens with one attached hydrogen (secondary N) is 1. The van der Waals surface area contributed by atoms with Crippen molar-refractivity contribution in [2.75, 3.05) is 18.5 Å². The maximum Gasteiger partial charge on any atom is 0.320 e. The number of esters is 2. The fourth-order valence-electron chi connectivity index (χ4n) is 4.43. The zero-order valence-corrected chi connectivity index (χ0v) is 22.1. The van der Waals surface area contributed by atoms with E-state index in [0.717, 1.165) is 53.2 Å². The Morgan fingerprint density at radius 3 is 2.32 bits per heavy atom. The fraction of sp³-hybridized carbons (Fsp3) is 0.367. The average Bonchev–Trinajstić information content (AvgIpc) is 3.39. The number of carbonyl (C=O) groups excluding carboxylic acids is 2. The third-order valence-corrected chi connectivity index (χ3v) is 6.54. The van der Waals surface area contributed by atoms with Crippen LogP contribution in [-0.2, 0) is 38.3 Å². The number of hydrogen-bond acceptors (Lipinski definition) is 6. The first-order valence-corrected chi connectivity index (χ1v) is 13.3. The Morgan fingerprint density at radius 1 is 0.973 bits per heavy atom. The smallest absolute Gasteiger partial charge is 0.320 e. The lowest BCUT2D eigenvalue weighted by molar-refractivity contribution is -0.162. The van der Waals surface area contributed by atoms with Gasteiger partial charge in [0.1, 0.15) is 0 Å². The molecule has 7 heteroatoms. The Balaban J connectivity index is 1.52. The lowest BCUT2D eigenvalue weighted by atomic mass is 9.99. The predicted octanol–water partition coefficient (Wildman–Crippen LogP) is 6.70. The molecule has 1 aliphatic rings. The van der Waals surface area contributed by atoms with E-state index >= 15 is 0 Å². The summed E-state index contributed by atoms with van der Waals surface area (Å²) in [6, 6.07) is 17.6. The van der Waals surface area contributed by atoms with Crippen molar-refractivity contribution in [3.63, 3.8) is 0 Å². The summed E-state index contributed by atoms with van der Waals surface area (Å²) in [5.41, 5.74) is 7.05. The monoisotopic (exact) mass is 520 g/mol. The number of rotatable bonds is 11. The van der Waals surface area contributed by atoms with Gasteiger partial charge in [0.25, 0.3) is 0 Å². The molecule has 2 aromatic carbocycles. The molecule has 0 unspecified atom stereocenters. The molecule has 0 amide bonds. The molecule has 1 heterocycles. The molecule has 4 rings (SSSR count). The Hall–Kier alpha value is -3.38. The van der Waals surface area contributed by atoms with Crippen molar-refractivity contribution in [1.29, 1.82) is 0 Å². The van der Waals surface area contributed by atoms with Crippen molar-refractivity contribution >= 4 is 34.9 Å². The van der Waals surface area contributed by atoms with Crippen LogP contribution in [0.5, 0.6) is 0 Å². The zero-order chi connectivity index (χ0) is 26.2. The van der Waals surface area contributed by atoms with Gasteiger partial charge in [0, 0.05) is 27.7 Å². The van der Waals surface area contributed by atoms with Crippen molar-refractivity contribution < 1.29 is 19.1 Å². The summed E-state index contributed by atoms with van der Waals surface area (Å²) in [4.78, 5) is 30.0. The minimum absolute atomic E-state index is 0.231. The number of aromatic nitrogens is 1. The number of ether oxygens (including phenoxy) is 2. The highest BCUT2D eigenvalue weighted by atomic mass is 35.5. The fourth-order valence-corrected chi connectivity index (χ4v) is 4.63. The minimum atomic E-state index is -0.972. The second-order valence-electron chi connectivity index (χ2n) is 9.26. The van der Waals surface area contributed by atoms with Crippen LogP contribution in [0.2, 0.25) is 5.02 Å². The largest absolute Gasteiger partial charge is 0.465 e. The van der Waals surface area contributed by atoms with E-state index in [1.165, 1.54) is 5.56 Å². The number of anilines is 2. The molecule has 6 nitrogen and oxygen atoms in total. The molecule has 0 fully saturated rings. The SMILES string of the molecule is CCCOC(=O)C(Cc1ccc(Nc2cc(-c3cccc(Cl)c3)nc3c2CCC3)cc1)C(=O)OCCC. The first kappa shape index (κ1) is 26.7. The third kappa shape index (κ3) is 6.89. The molecule has 1 aliphatic carbocycles. The lowest BCUT2D eigenvalue weighted by Gasteiger charge is -2.16. The number of fused-ring (bicyclic) bond motifs is 1. The summed E-state index contributed by atoms with van der Waals surface area (Å²) in [7, 11) is 0. The molecule has 0 radical (unpaired) electrons. The van der Waals surface area contributed by atoms with Gasteiger partial charge in [-0.05, 0) is 80.0 Å². The Kier molecular flexibility index (Phi) is 9.18. The maximum absolute atomic E-state index is 12.5. The zero-order valence-electron chi connectivity index (χ0n) is 21.4. The lowest BCUT2D eigenvalue weighted by Crippen LogP contribution is -2.30. The van der Waals surface area contributed by atoms with E-state index in [0.29, 0.717) is 17.9 Å². The number of hydrogen-bond donors (Lipinski definition) is 1. The van der Waals surface area contributed by atoms with Gasteiger partial charge in [0.05, 0.1) is 18.9 Å². The van der Waals surface area contributed by atoms with Crippen molar-refractivity contribution in [3.8, 4) is 11.3 Å². The van der Waals surface area contributed by atoms with E-state index in [2.05, 4.69) is 11.4 Å². The quantitative estimate of drug-likeness (QED) is 0.224. The molecule has 0 aliphatic heterocycles. The van der Waals surface area contributed by atoms with Gasteiger partial charge in [-0.25, -0.2) is 0 Å². The van der Waals surface area contributed by atoms with Gasteiger partial charge in [-0.3, -0.25) is 14.6 Å². The van der Waals surface area contributed by atoms with Crippen molar-refractivity contribution in [3.05, 3.63) is 76.4 Å². The van der Waals surface area contributed by atoms with Crippen LogP contribution in [-0.4, -0.2) is 30.1 Å². The van der Waals surface area contributed by atoms with E-state index in [-0.39, 0.29) is 19.6 Å². The van der Waals surface area contributed by atoms with Crippen LogP contribution in [0.15, 0.2) is 54.6 Å². The summed E-state index contributed by atoms with van der Waals surface area (Å²) in [6.07, 6.45) is 4.65. The van der Waals surface area contributed by atoms with Gasteiger partial charge >= 0.3 is 11.9 Å². The van der Waals surface area contributed by atoms with Crippen LogP contribution in [0.1, 0.15) is 49.9 Å². The number of pyridine rings is 1. The van der Waals surface area contributed by atoms with E-state index in [4.69, 9.17) is 26.1 Å². The molecule has 1 aromatic heterocycles. The highest BCUT2D eigenvalue weighted by Crippen LogP contribution is 2.34.